The van der Waals surface area contributed by atoms with Crippen molar-refractivity contribution in [3.05, 3.63) is 53.1 Å². The van der Waals surface area contributed by atoms with Gasteiger partial charge < -0.3 is 0 Å². The summed E-state index contributed by atoms with van der Waals surface area (Å²) < 4.78 is 15.6. The molecule has 2 rings (SSSR count). The largest absolute Gasteiger partial charge is 0.276 e. The number of aryl methyl sites for hydroxylation is 3. The summed E-state index contributed by atoms with van der Waals surface area (Å²) in [5.74, 6) is 5.33. The summed E-state index contributed by atoms with van der Waals surface area (Å²) in [5, 5.41) is 4.12. The fraction of sp³-hybridized carbons (Fsp3) is 0.357. The number of rotatable bonds is 5. The summed E-state index contributed by atoms with van der Waals surface area (Å²) in [6, 6.07) is 4.88. The highest BCUT2D eigenvalue weighted by molar-refractivity contribution is 5.27. The maximum atomic E-state index is 13.8. The predicted molar refractivity (Wildman–Crippen MR) is 72.7 cm³/mol. The Bertz CT molecular complexity index is 550. The molecule has 1 aromatic carbocycles. The first-order chi connectivity index (χ1) is 9.10. The lowest BCUT2D eigenvalue weighted by Crippen LogP contribution is -2.29. The fourth-order valence-electron chi connectivity index (χ4n) is 2.17. The summed E-state index contributed by atoms with van der Waals surface area (Å²) in [6.07, 6.45) is 5.30. The van der Waals surface area contributed by atoms with Gasteiger partial charge in [0.25, 0.3) is 0 Å². The molecule has 5 heteroatoms. The molecule has 0 saturated carbocycles. The van der Waals surface area contributed by atoms with Crippen LogP contribution in [0.1, 0.15) is 29.2 Å². The van der Waals surface area contributed by atoms with Crippen LogP contribution in [0.4, 0.5) is 4.39 Å². The van der Waals surface area contributed by atoms with E-state index >= 15 is 0 Å². The molecule has 0 spiro atoms. The Morgan fingerprint density at radius 2 is 2.26 bits per heavy atom. The first kappa shape index (κ1) is 13.7. The van der Waals surface area contributed by atoms with Crippen molar-refractivity contribution in [3.8, 4) is 0 Å². The maximum Gasteiger partial charge on any atom is 0.128 e. The van der Waals surface area contributed by atoms with Gasteiger partial charge in [0.05, 0.1) is 6.20 Å². The number of nitrogens with zero attached hydrogens (tertiary/aromatic N) is 2. The van der Waals surface area contributed by atoms with Crippen LogP contribution in [-0.4, -0.2) is 9.78 Å². The van der Waals surface area contributed by atoms with Gasteiger partial charge in [0.15, 0.2) is 0 Å². The quantitative estimate of drug-likeness (QED) is 0.640. The van der Waals surface area contributed by atoms with E-state index in [9.17, 15) is 4.39 Å². The van der Waals surface area contributed by atoms with Gasteiger partial charge in [-0.05, 0) is 31.4 Å². The molecule has 4 nitrogen and oxygen atoms in total. The average molecular weight is 262 g/mol. The first-order valence-electron chi connectivity index (χ1n) is 6.30. The highest BCUT2D eigenvalue weighted by atomic mass is 19.1. The van der Waals surface area contributed by atoms with E-state index in [1.54, 1.807) is 10.7 Å². The molecular formula is C14H19FN4. The molecule has 1 atom stereocenters. The predicted octanol–water partition coefficient (Wildman–Crippen LogP) is 2.00. The van der Waals surface area contributed by atoms with Gasteiger partial charge in [-0.1, -0.05) is 17.7 Å². The van der Waals surface area contributed by atoms with Gasteiger partial charge in [0.2, 0.25) is 0 Å². The number of nitrogens with one attached hydrogen (secondary N) is 1. The average Bonchev–Trinajstić information content (AvgIpc) is 2.80. The standard InChI is InChI=1S/C14H19FN4/c1-10-3-5-13(15)12(7-10)14(18-16)6-4-11-8-17-19(2)9-11/h3,5,7-9,14,18H,4,6,16H2,1-2H3. The Morgan fingerprint density at radius 3 is 2.89 bits per heavy atom. The third-order valence-corrected chi connectivity index (χ3v) is 3.21. The molecule has 1 heterocycles. The number of hydrogen-bond acceptors (Lipinski definition) is 3. The second-order valence-electron chi connectivity index (χ2n) is 4.81. The van der Waals surface area contributed by atoms with E-state index < -0.39 is 0 Å². The fourth-order valence-corrected chi connectivity index (χ4v) is 2.17. The molecule has 1 aromatic heterocycles. The zero-order chi connectivity index (χ0) is 13.8. The van der Waals surface area contributed by atoms with Crippen LogP contribution >= 0.6 is 0 Å². The van der Waals surface area contributed by atoms with Crippen molar-refractivity contribution in [2.45, 2.75) is 25.8 Å². The molecule has 19 heavy (non-hydrogen) atoms. The third kappa shape index (κ3) is 3.39. The van der Waals surface area contributed by atoms with Crippen LogP contribution in [0.25, 0.3) is 0 Å². The van der Waals surface area contributed by atoms with E-state index in [4.69, 9.17) is 5.84 Å². The SMILES string of the molecule is Cc1ccc(F)c(C(CCc2cnn(C)c2)NN)c1. The van der Waals surface area contributed by atoms with Crippen LogP contribution in [0.15, 0.2) is 30.6 Å². The van der Waals surface area contributed by atoms with Crippen LogP contribution in [-0.2, 0) is 13.5 Å². The van der Waals surface area contributed by atoms with Crippen molar-refractivity contribution in [3.63, 3.8) is 0 Å². The third-order valence-electron chi connectivity index (χ3n) is 3.21. The first-order valence-corrected chi connectivity index (χ1v) is 6.30. The van der Waals surface area contributed by atoms with E-state index in [1.165, 1.54) is 6.07 Å². The zero-order valence-electron chi connectivity index (χ0n) is 11.2. The van der Waals surface area contributed by atoms with Crippen molar-refractivity contribution in [2.75, 3.05) is 0 Å². The summed E-state index contributed by atoms with van der Waals surface area (Å²) in [4.78, 5) is 0. The van der Waals surface area contributed by atoms with Gasteiger partial charge in [0.1, 0.15) is 5.82 Å². The van der Waals surface area contributed by atoms with Gasteiger partial charge in [-0.2, -0.15) is 5.10 Å². The van der Waals surface area contributed by atoms with E-state index in [1.807, 2.05) is 32.4 Å². The lowest BCUT2D eigenvalue weighted by Gasteiger charge is -2.17. The Balaban J connectivity index is 2.09. The second-order valence-corrected chi connectivity index (χ2v) is 4.81. The normalized spacial score (nSPS) is 12.6. The number of nitrogens with two attached hydrogens (primary N) is 1. The minimum absolute atomic E-state index is 0.194. The Kier molecular flexibility index (Phi) is 4.29. The number of benzene rings is 1. The summed E-state index contributed by atoms with van der Waals surface area (Å²) in [6.45, 7) is 1.94. The minimum atomic E-state index is -0.222. The molecule has 2 aromatic rings. The topological polar surface area (TPSA) is 55.9 Å². The van der Waals surface area contributed by atoms with Crippen LogP contribution in [0.5, 0.6) is 0 Å². The van der Waals surface area contributed by atoms with E-state index in [0.717, 1.165) is 24.0 Å². The molecule has 0 saturated heterocycles. The summed E-state index contributed by atoms with van der Waals surface area (Å²) in [5.41, 5.74) is 5.46. The van der Waals surface area contributed by atoms with Crippen molar-refractivity contribution in [1.29, 1.82) is 0 Å². The Labute approximate surface area is 112 Å². The molecule has 0 aliphatic rings. The lowest BCUT2D eigenvalue weighted by atomic mass is 9.98. The van der Waals surface area contributed by atoms with E-state index in [2.05, 4.69) is 10.5 Å². The van der Waals surface area contributed by atoms with Crippen LogP contribution in [0.2, 0.25) is 0 Å². The molecule has 3 N–H and O–H groups in total. The smallest absolute Gasteiger partial charge is 0.128 e. The van der Waals surface area contributed by atoms with Crippen LogP contribution < -0.4 is 11.3 Å². The van der Waals surface area contributed by atoms with Gasteiger partial charge in [-0.25, -0.2) is 4.39 Å². The zero-order valence-corrected chi connectivity index (χ0v) is 11.2. The van der Waals surface area contributed by atoms with Crippen LogP contribution in [0, 0.1) is 12.7 Å². The number of hydrazine groups is 1. The molecule has 102 valence electrons. The highest BCUT2D eigenvalue weighted by Gasteiger charge is 2.14. The molecule has 0 aliphatic carbocycles. The molecule has 0 bridgehead atoms. The van der Waals surface area contributed by atoms with Crippen molar-refractivity contribution < 1.29 is 4.39 Å². The Morgan fingerprint density at radius 1 is 1.47 bits per heavy atom. The van der Waals surface area contributed by atoms with Gasteiger partial charge >= 0.3 is 0 Å². The molecule has 0 amide bonds. The second kappa shape index (κ2) is 5.95. The van der Waals surface area contributed by atoms with E-state index in [-0.39, 0.29) is 11.9 Å². The number of halogens is 1. The molecule has 0 aliphatic heterocycles. The Hall–Kier alpha value is -1.72. The van der Waals surface area contributed by atoms with E-state index in [0.29, 0.717) is 5.56 Å². The van der Waals surface area contributed by atoms with Crippen molar-refractivity contribution in [1.82, 2.24) is 15.2 Å². The summed E-state index contributed by atoms with van der Waals surface area (Å²) in [7, 11) is 1.88. The number of aromatic nitrogens is 2. The molecule has 0 radical (unpaired) electrons. The monoisotopic (exact) mass is 262 g/mol. The van der Waals surface area contributed by atoms with Crippen molar-refractivity contribution in [2.24, 2.45) is 12.9 Å². The maximum absolute atomic E-state index is 13.8. The van der Waals surface area contributed by atoms with Crippen molar-refractivity contribution >= 4 is 0 Å². The number of hydrogen-bond donors (Lipinski definition) is 2. The van der Waals surface area contributed by atoms with Gasteiger partial charge in [-0.15, -0.1) is 0 Å². The molecule has 1 unspecified atom stereocenters. The van der Waals surface area contributed by atoms with Crippen LogP contribution in [0.3, 0.4) is 0 Å². The molecule has 0 fully saturated rings. The van der Waals surface area contributed by atoms with Gasteiger partial charge in [-0.3, -0.25) is 16.0 Å². The minimum Gasteiger partial charge on any atom is -0.276 e. The highest BCUT2D eigenvalue weighted by Crippen LogP contribution is 2.22. The lowest BCUT2D eigenvalue weighted by molar-refractivity contribution is 0.485. The summed E-state index contributed by atoms with van der Waals surface area (Å²) >= 11 is 0. The van der Waals surface area contributed by atoms with Gasteiger partial charge in [0, 0.05) is 24.8 Å². The molecular weight excluding hydrogens is 243 g/mol.